The third kappa shape index (κ3) is 6.09. The maximum atomic E-state index is 11.9. The largest absolute Gasteiger partial charge is 0.355 e. The summed E-state index contributed by atoms with van der Waals surface area (Å²) >= 11 is 0. The molecule has 0 spiro atoms. The van der Waals surface area contributed by atoms with Gasteiger partial charge in [-0.1, -0.05) is 6.92 Å². The second-order valence-corrected chi connectivity index (χ2v) is 6.31. The summed E-state index contributed by atoms with van der Waals surface area (Å²) in [6, 6.07) is 3.40. The highest BCUT2D eigenvalue weighted by Crippen LogP contribution is 2.04. The molecule has 1 atom stereocenters. The first-order valence-corrected chi connectivity index (χ1v) is 8.34. The molecule has 0 amide bonds. The molecule has 0 aliphatic carbocycles. The zero-order valence-corrected chi connectivity index (χ0v) is 13.4. The van der Waals surface area contributed by atoms with Crippen molar-refractivity contribution in [1.29, 1.82) is 0 Å². The molecule has 7 nitrogen and oxygen atoms in total. The summed E-state index contributed by atoms with van der Waals surface area (Å²) in [6.45, 7) is 4.83. The number of hydrogen-bond donors (Lipinski definition) is 3. The number of aliphatic imine (C=N–C) groups is 1. The Kier molecular flexibility index (Phi) is 7.10. The summed E-state index contributed by atoms with van der Waals surface area (Å²) in [7, 11) is -1.83. The minimum absolute atomic E-state index is 0.159. The first-order chi connectivity index (χ1) is 9.99. The molecule has 3 N–H and O–H groups in total. The lowest BCUT2D eigenvalue weighted by Crippen LogP contribution is -2.44. The van der Waals surface area contributed by atoms with Crippen LogP contribution in [0.4, 0.5) is 0 Å². The van der Waals surface area contributed by atoms with E-state index < -0.39 is 10.0 Å². The highest BCUT2D eigenvalue weighted by molar-refractivity contribution is 7.89. The van der Waals surface area contributed by atoms with Gasteiger partial charge in [0.05, 0.1) is 0 Å². The van der Waals surface area contributed by atoms with Crippen LogP contribution in [0.25, 0.3) is 0 Å². The van der Waals surface area contributed by atoms with Gasteiger partial charge in [-0.05, 0) is 25.5 Å². The maximum absolute atomic E-state index is 11.9. The van der Waals surface area contributed by atoms with E-state index in [0.717, 1.165) is 6.42 Å². The molecule has 0 fully saturated rings. The van der Waals surface area contributed by atoms with Crippen LogP contribution >= 0.6 is 0 Å². The van der Waals surface area contributed by atoms with Crippen molar-refractivity contribution >= 4 is 16.0 Å². The van der Waals surface area contributed by atoms with Crippen LogP contribution in [-0.4, -0.2) is 45.5 Å². The molecule has 0 radical (unpaired) electrons. The Morgan fingerprint density at radius 1 is 1.43 bits per heavy atom. The van der Waals surface area contributed by atoms with Gasteiger partial charge in [0, 0.05) is 38.6 Å². The Morgan fingerprint density at radius 3 is 2.76 bits per heavy atom. The van der Waals surface area contributed by atoms with Gasteiger partial charge in [-0.2, -0.15) is 0 Å². The Labute approximate surface area is 126 Å². The van der Waals surface area contributed by atoms with Crippen molar-refractivity contribution in [1.82, 2.24) is 20.3 Å². The zero-order chi connectivity index (χ0) is 15.7. The topological polar surface area (TPSA) is 95.5 Å². The molecule has 21 heavy (non-hydrogen) atoms. The second-order valence-electron chi connectivity index (χ2n) is 4.54. The Morgan fingerprint density at radius 2 is 2.19 bits per heavy atom. The minimum atomic E-state index is -3.51. The lowest BCUT2D eigenvalue weighted by molar-refractivity contribution is 0.579. The second kappa shape index (κ2) is 8.58. The van der Waals surface area contributed by atoms with E-state index in [1.165, 1.54) is 18.5 Å². The van der Waals surface area contributed by atoms with E-state index in [1.54, 1.807) is 13.1 Å². The van der Waals surface area contributed by atoms with Gasteiger partial charge >= 0.3 is 0 Å². The third-order valence-electron chi connectivity index (χ3n) is 2.87. The number of rotatable bonds is 7. The molecule has 8 heteroatoms. The van der Waals surface area contributed by atoms with Gasteiger partial charge in [0.15, 0.2) is 5.96 Å². The zero-order valence-electron chi connectivity index (χ0n) is 12.6. The van der Waals surface area contributed by atoms with Crippen LogP contribution in [0.5, 0.6) is 0 Å². The Bertz CT molecular complexity index is 545. The standard InChI is InChI=1S/C13H23N5O2S/c1-4-11(2)18-13(14-3)16-8-9-17-21(19,20)12-6-5-7-15-10-12/h5-7,10-11,17H,4,8-9H2,1-3H3,(H2,14,16,18). The Balaban J connectivity index is 2.40. The number of hydrogen-bond acceptors (Lipinski definition) is 4. The summed E-state index contributed by atoms with van der Waals surface area (Å²) < 4.78 is 26.4. The first-order valence-electron chi connectivity index (χ1n) is 6.86. The molecule has 118 valence electrons. The van der Waals surface area contributed by atoms with Gasteiger partial charge in [-0.3, -0.25) is 9.98 Å². The molecule has 0 bridgehead atoms. The lowest BCUT2D eigenvalue weighted by atomic mass is 10.3. The molecule has 1 heterocycles. The number of nitrogens with one attached hydrogen (secondary N) is 3. The fourth-order valence-electron chi connectivity index (χ4n) is 1.49. The van der Waals surface area contributed by atoms with Crippen molar-refractivity contribution in [2.75, 3.05) is 20.1 Å². The molecule has 0 aromatic carbocycles. The molecule has 1 aromatic rings. The normalized spacial score (nSPS) is 13.8. The van der Waals surface area contributed by atoms with Crippen molar-refractivity contribution in [3.63, 3.8) is 0 Å². The van der Waals surface area contributed by atoms with Crippen LogP contribution in [0.1, 0.15) is 20.3 Å². The van der Waals surface area contributed by atoms with Crippen molar-refractivity contribution in [2.45, 2.75) is 31.2 Å². The molecule has 1 aromatic heterocycles. The van der Waals surface area contributed by atoms with Crippen LogP contribution in [0.15, 0.2) is 34.4 Å². The Hall–Kier alpha value is -1.67. The van der Waals surface area contributed by atoms with Gasteiger partial charge in [-0.25, -0.2) is 13.1 Å². The summed E-state index contributed by atoms with van der Waals surface area (Å²) in [5.74, 6) is 0.657. The van der Waals surface area contributed by atoms with Crippen LogP contribution in [-0.2, 0) is 10.0 Å². The average molecular weight is 313 g/mol. The summed E-state index contributed by atoms with van der Waals surface area (Å²) in [6.07, 6.45) is 3.83. The summed E-state index contributed by atoms with van der Waals surface area (Å²) in [5, 5.41) is 6.25. The predicted molar refractivity (Wildman–Crippen MR) is 83.7 cm³/mol. The van der Waals surface area contributed by atoms with Crippen LogP contribution in [0, 0.1) is 0 Å². The van der Waals surface area contributed by atoms with Crippen molar-refractivity contribution in [3.8, 4) is 0 Å². The van der Waals surface area contributed by atoms with Crippen molar-refractivity contribution in [3.05, 3.63) is 24.5 Å². The quantitative estimate of drug-likeness (QED) is 0.383. The molecular formula is C13H23N5O2S. The van der Waals surface area contributed by atoms with E-state index in [2.05, 4.69) is 39.2 Å². The maximum Gasteiger partial charge on any atom is 0.242 e. The smallest absolute Gasteiger partial charge is 0.242 e. The van der Waals surface area contributed by atoms with Gasteiger partial charge in [0.2, 0.25) is 10.0 Å². The number of pyridine rings is 1. The van der Waals surface area contributed by atoms with Gasteiger partial charge in [0.25, 0.3) is 0 Å². The fraction of sp³-hybridized carbons (Fsp3) is 0.538. The van der Waals surface area contributed by atoms with E-state index in [1.807, 2.05) is 0 Å². The van der Waals surface area contributed by atoms with E-state index in [0.29, 0.717) is 18.5 Å². The molecule has 1 unspecified atom stereocenters. The lowest BCUT2D eigenvalue weighted by Gasteiger charge is -2.16. The molecular weight excluding hydrogens is 290 g/mol. The van der Waals surface area contributed by atoms with Crippen molar-refractivity contribution < 1.29 is 8.42 Å². The van der Waals surface area contributed by atoms with Gasteiger partial charge < -0.3 is 10.6 Å². The highest BCUT2D eigenvalue weighted by Gasteiger charge is 2.12. The molecule has 0 aliphatic rings. The third-order valence-corrected chi connectivity index (χ3v) is 4.32. The fourth-order valence-corrected chi connectivity index (χ4v) is 2.48. The summed E-state index contributed by atoms with van der Waals surface area (Å²) in [4.78, 5) is 8.03. The molecule has 1 rings (SSSR count). The molecule has 0 saturated heterocycles. The minimum Gasteiger partial charge on any atom is -0.355 e. The average Bonchev–Trinajstić information content (AvgIpc) is 2.50. The van der Waals surface area contributed by atoms with Crippen LogP contribution in [0.3, 0.4) is 0 Å². The van der Waals surface area contributed by atoms with E-state index >= 15 is 0 Å². The summed E-state index contributed by atoms with van der Waals surface area (Å²) in [5.41, 5.74) is 0. The van der Waals surface area contributed by atoms with E-state index in [4.69, 9.17) is 0 Å². The number of nitrogens with zero attached hydrogens (tertiary/aromatic N) is 2. The van der Waals surface area contributed by atoms with Gasteiger partial charge in [0.1, 0.15) is 4.90 Å². The van der Waals surface area contributed by atoms with Crippen molar-refractivity contribution in [2.24, 2.45) is 4.99 Å². The van der Waals surface area contributed by atoms with Crippen LogP contribution in [0.2, 0.25) is 0 Å². The SMILES string of the molecule is CCC(C)NC(=NC)NCCNS(=O)(=O)c1cccnc1. The van der Waals surface area contributed by atoms with Crippen LogP contribution < -0.4 is 15.4 Å². The number of sulfonamides is 1. The van der Waals surface area contributed by atoms with E-state index in [9.17, 15) is 8.42 Å². The highest BCUT2D eigenvalue weighted by atomic mass is 32.2. The van der Waals surface area contributed by atoms with E-state index in [-0.39, 0.29) is 11.4 Å². The number of aromatic nitrogens is 1. The molecule has 0 saturated carbocycles. The molecule has 0 aliphatic heterocycles. The van der Waals surface area contributed by atoms with Gasteiger partial charge in [-0.15, -0.1) is 0 Å². The first kappa shape index (κ1) is 17.4. The predicted octanol–water partition coefficient (Wildman–Crippen LogP) is 0.323. The monoisotopic (exact) mass is 313 g/mol. The number of guanidine groups is 1.